The molecule has 160 valence electrons. The van der Waals surface area contributed by atoms with Gasteiger partial charge in [0, 0.05) is 21.9 Å². The first-order valence-electron chi connectivity index (χ1n) is 10.8. The summed E-state index contributed by atoms with van der Waals surface area (Å²) < 4.78 is 0. The fraction of sp³-hybridized carbons (Fsp3) is 0.538. The Morgan fingerprint density at radius 3 is 2.69 bits per heavy atom. The van der Waals surface area contributed by atoms with Gasteiger partial charge in [0.05, 0.1) is 0 Å². The molecule has 0 aromatic carbocycles. The Morgan fingerprint density at radius 1 is 1.41 bits per heavy atom. The van der Waals surface area contributed by atoms with Crippen LogP contribution in [0.4, 0.5) is 0 Å². The summed E-state index contributed by atoms with van der Waals surface area (Å²) in [5.74, 6) is 0.510. The minimum atomic E-state index is -0.214. The molecule has 4 atom stereocenters. The zero-order valence-corrected chi connectivity index (χ0v) is 20.1. The lowest BCUT2D eigenvalue weighted by Gasteiger charge is -2.37. The highest BCUT2D eigenvalue weighted by Gasteiger charge is 2.45. The molecule has 0 amide bonds. The number of hydrogen-bond donors (Lipinski definition) is 1. The van der Waals surface area contributed by atoms with Gasteiger partial charge in [-0.25, -0.2) is 0 Å². The van der Waals surface area contributed by atoms with Crippen LogP contribution in [0.15, 0.2) is 65.6 Å². The van der Waals surface area contributed by atoms with Crippen LogP contribution in [0, 0.1) is 5.92 Å². The second kappa shape index (κ2) is 10.1. The maximum Gasteiger partial charge on any atom is 0.0434 e. The predicted octanol–water partition coefficient (Wildman–Crippen LogP) is 6.48. The lowest BCUT2D eigenvalue weighted by Crippen LogP contribution is -2.41. The number of allylic oxidation sites excluding steroid dienone is 5. The summed E-state index contributed by atoms with van der Waals surface area (Å²) in [6, 6.07) is 4.86. The van der Waals surface area contributed by atoms with Gasteiger partial charge in [-0.05, 0) is 77.9 Å². The highest BCUT2D eigenvalue weighted by atomic mass is 32.1. The number of nitrogens with zero attached hydrogens (tertiary/aromatic N) is 1. The molecule has 1 aromatic rings. The fourth-order valence-corrected chi connectivity index (χ4v) is 5.70. The van der Waals surface area contributed by atoms with Crippen LogP contribution in [0.1, 0.15) is 58.3 Å². The molecule has 0 saturated heterocycles. The van der Waals surface area contributed by atoms with Gasteiger partial charge in [0.1, 0.15) is 0 Å². The SMILES string of the molecule is C=C(CC1(N)CC(/C=C\CC)C(N(C)C)C1)C(C)(/C(C)=C/C=C\C)c1cccs1. The number of nitrogens with two attached hydrogens (primary N) is 1. The smallest absolute Gasteiger partial charge is 0.0434 e. The Labute approximate surface area is 182 Å². The Hall–Kier alpha value is -1.42. The first kappa shape index (κ1) is 23.9. The third-order valence-corrected chi connectivity index (χ3v) is 7.74. The van der Waals surface area contributed by atoms with Crippen molar-refractivity contribution in [1.82, 2.24) is 4.90 Å². The Bertz CT molecular complexity index is 756. The lowest BCUT2D eigenvalue weighted by atomic mass is 9.70. The normalized spacial score (nSPS) is 27.9. The topological polar surface area (TPSA) is 29.3 Å². The molecule has 1 fully saturated rings. The standard InChI is InChI=1S/C26H40N2S/c1-8-10-13-20(3)25(5,24-15-12-16-29-24)21(4)17-26(27)18-22(14-11-9-2)23(19-26)28(6)7/h8,10-16,22-23H,4,9,17-19,27H2,1-3,5-7H3/b10-8-,14-11-,20-13+. The van der Waals surface area contributed by atoms with Gasteiger partial charge in [0.2, 0.25) is 0 Å². The van der Waals surface area contributed by atoms with E-state index in [9.17, 15) is 0 Å². The molecule has 2 nitrogen and oxygen atoms in total. The summed E-state index contributed by atoms with van der Waals surface area (Å²) in [4.78, 5) is 3.69. The zero-order valence-electron chi connectivity index (χ0n) is 19.2. The molecule has 1 heterocycles. The Morgan fingerprint density at radius 2 is 2.14 bits per heavy atom. The quantitative estimate of drug-likeness (QED) is 0.371. The van der Waals surface area contributed by atoms with E-state index in [4.69, 9.17) is 5.73 Å². The summed E-state index contributed by atoms with van der Waals surface area (Å²) in [5.41, 5.74) is 9.18. The molecule has 1 saturated carbocycles. The molecule has 1 aliphatic rings. The van der Waals surface area contributed by atoms with Crippen LogP contribution in [0.5, 0.6) is 0 Å². The highest BCUT2D eigenvalue weighted by molar-refractivity contribution is 7.10. The van der Waals surface area contributed by atoms with Crippen molar-refractivity contribution in [2.24, 2.45) is 11.7 Å². The molecular weight excluding hydrogens is 372 g/mol. The van der Waals surface area contributed by atoms with Gasteiger partial charge < -0.3 is 10.6 Å². The molecule has 29 heavy (non-hydrogen) atoms. The van der Waals surface area contributed by atoms with E-state index in [2.05, 4.69) is 101 Å². The van der Waals surface area contributed by atoms with Crippen LogP contribution in [0.25, 0.3) is 0 Å². The van der Waals surface area contributed by atoms with Crippen molar-refractivity contribution < 1.29 is 0 Å². The molecule has 0 spiro atoms. The number of thiophene rings is 1. The summed E-state index contributed by atoms with van der Waals surface area (Å²) in [5, 5.41) is 2.16. The highest BCUT2D eigenvalue weighted by Crippen LogP contribution is 2.47. The first-order chi connectivity index (χ1) is 13.7. The van der Waals surface area contributed by atoms with Gasteiger partial charge in [0.15, 0.2) is 0 Å². The van der Waals surface area contributed by atoms with Crippen molar-refractivity contribution in [3.05, 3.63) is 70.5 Å². The molecule has 3 heteroatoms. The minimum absolute atomic E-state index is 0.189. The Balaban J connectivity index is 2.32. The van der Waals surface area contributed by atoms with E-state index >= 15 is 0 Å². The van der Waals surface area contributed by atoms with Crippen LogP contribution in [-0.4, -0.2) is 30.6 Å². The second-order valence-corrected chi connectivity index (χ2v) is 10.0. The van der Waals surface area contributed by atoms with Crippen LogP contribution < -0.4 is 5.73 Å². The summed E-state index contributed by atoms with van der Waals surface area (Å²) in [6.07, 6.45) is 15.1. The van der Waals surface area contributed by atoms with Gasteiger partial charge in [-0.1, -0.05) is 61.1 Å². The van der Waals surface area contributed by atoms with Crippen molar-refractivity contribution in [1.29, 1.82) is 0 Å². The number of hydrogen-bond acceptors (Lipinski definition) is 3. The monoisotopic (exact) mass is 412 g/mol. The predicted molar refractivity (Wildman–Crippen MR) is 131 cm³/mol. The molecular formula is C26H40N2S. The maximum absolute atomic E-state index is 7.05. The molecule has 1 aromatic heterocycles. The van der Waals surface area contributed by atoms with Gasteiger partial charge in [-0.3, -0.25) is 0 Å². The lowest BCUT2D eigenvalue weighted by molar-refractivity contribution is 0.257. The minimum Gasteiger partial charge on any atom is -0.325 e. The number of rotatable bonds is 9. The molecule has 2 rings (SSSR count). The van der Waals surface area contributed by atoms with Gasteiger partial charge in [-0.2, -0.15) is 0 Å². The van der Waals surface area contributed by atoms with Crippen molar-refractivity contribution in [3.63, 3.8) is 0 Å². The van der Waals surface area contributed by atoms with Gasteiger partial charge in [0.25, 0.3) is 0 Å². The fourth-order valence-electron chi connectivity index (χ4n) is 4.69. The summed E-state index contributed by atoms with van der Waals surface area (Å²) in [6.45, 7) is 13.4. The van der Waals surface area contributed by atoms with Crippen LogP contribution in [-0.2, 0) is 5.41 Å². The van der Waals surface area contributed by atoms with Crippen LogP contribution >= 0.6 is 11.3 Å². The van der Waals surface area contributed by atoms with Crippen LogP contribution in [0.2, 0.25) is 0 Å². The summed E-state index contributed by atoms with van der Waals surface area (Å²) in [7, 11) is 4.36. The average molecular weight is 413 g/mol. The van der Waals surface area contributed by atoms with E-state index in [1.54, 1.807) is 0 Å². The van der Waals surface area contributed by atoms with Crippen LogP contribution in [0.3, 0.4) is 0 Å². The Kier molecular flexibility index (Phi) is 8.28. The third kappa shape index (κ3) is 5.39. The first-order valence-corrected chi connectivity index (χ1v) is 11.7. The van der Waals surface area contributed by atoms with E-state index in [0.717, 1.165) is 25.7 Å². The maximum atomic E-state index is 7.05. The average Bonchev–Trinajstić information content (AvgIpc) is 3.32. The van der Waals surface area contributed by atoms with Crippen molar-refractivity contribution >= 4 is 11.3 Å². The van der Waals surface area contributed by atoms with E-state index in [0.29, 0.717) is 12.0 Å². The van der Waals surface area contributed by atoms with E-state index in [1.165, 1.54) is 16.0 Å². The van der Waals surface area contributed by atoms with Crippen molar-refractivity contribution in [2.45, 2.75) is 70.4 Å². The van der Waals surface area contributed by atoms with Gasteiger partial charge in [-0.15, -0.1) is 11.3 Å². The molecule has 2 N–H and O–H groups in total. The molecule has 0 bridgehead atoms. The van der Waals surface area contributed by atoms with E-state index < -0.39 is 0 Å². The van der Waals surface area contributed by atoms with Gasteiger partial charge >= 0.3 is 0 Å². The zero-order chi connectivity index (χ0) is 21.7. The van der Waals surface area contributed by atoms with E-state index in [1.807, 2.05) is 11.3 Å². The molecule has 1 aliphatic carbocycles. The molecule has 4 unspecified atom stereocenters. The molecule has 0 aliphatic heterocycles. The van der Waals surface area contributed by atoms with E-state index in [-0.39, 0.29) is 11.0 Å². The third-order valence-electron chi connectivity index (χ3n) is 6.65. The van der Waals surface area contributed by atoms with Crippen molar-refractivity contribution in [2.75, 3.05) is 14.1 Å². The molecule has 0 radical (unpaired) electrons. The van der Waals surface area contributed by atoms with Crippen molar-refractivity contribution in [3.8, 4) is 0 Å². The second-order valence-electron chi connectivity index (χ2n) is 9.06. The largest absolute Gasteiger partial charge is 0.325 e. The summed E-state index contributed by atoms with van der Waals surface area (Å²) >= 11 is 1.81.